The number of esters is 2. The molecule has 1 aromatic rings. The quantitative estimate of drug-likeness (QED) is 0.613. The van der Waals surface area contributed by atoms with E-state index in [1.54, 1.807) is 20.8 Å². The average molecular weight is 293 g/mol. The summed E-state index contributed by atoms with van der Waals surface area (Å²) in [5, 5.41) is 0. The summed E-state index contributed by atoms with van der Waals surface area (Å²) in [6, 6.07) is 8.85. The third-order valence-electron chi connectivity index (χ3n) is 3.19. The molecule has 0 aliphatic heterocycles. The minimum Gasteiger partial charge on any atom is -0.465 e. The van der Waals surface area contributed by atoms with E-state index in [-0.39, 0.29) is 13.2 Å². The summed E-state index contributed by atoms with van der Waals surface area (Å²) in [6.45, 7) is 5.57. The van der Waals surface area contributed by atoms with Gasteiger partial charge in [0.1, 0.15) is 0 Å². The van der Waals surface area contributed by atoms with Crippen molar-refractivity contribution in [3.05, 3.63) is 35.9 Å². The van der Waals surface area contributed by atoms with Gasteiger partial charge in [0.25, 0.3) is 0 Å². The van der Waals surface area contributed by atoms with Gasteiger partial charge in [0.05, 0.1) is 13.2 Å². The third kappa shape index (κ3) is 4.56. The van der Waals surface area contributed by atoms with Crippen molar-refractivity contribution in [2.24, 2.45) is 11.7 Å². The molecule has 0 aliphatic carbocycles. The molecule has 1 aromatic carbocycles. The van der Waals surface area contributed by atoms with Gasteiger partial charge in [-0.2, -0.15) is 0 Å². The molecular weight excluding hydrogens is 270 g/mol. The van der Waals surface area contributed by atoms with Crippen molar-refractivity contribution in [3.63, 3.8) is 0 Å². The summed E-state index contributed by atoms with van der Waals surface area (Å²) in [4.78, 5) is 24.4. The molecule has 1 unspecified atom stereocenters. The number of hydrogen-bond acceptors (Lipinski definition) is 5. The maximum atomic E-state index is 12.2. The monoisotopic (exact) mass is 293 g/mol. The second kappa shape index (κ2) is 8.42. The summed E-state index contributed by atoms with van der Waals surface area (Å²) in [5.41, 5.74) is 6.84. The molecule has 116 valence electrons. The zero-order valence-electron chi connectivity index (χ0n) is 12.7. The highest BCUT2D eigenvalue weighted by molar-refractivity contribution is 5.96. The Balaban J connectivity index is 3.18. The van der Waals surface area contributed by atoms with Gasteiger partial charge in [-0.3, -0.25) is 9.59 Å². The van der Waals surface area contributed by atoms with E-state index in [2.05, 4.69) is 0 Å². The van der Waals surface area contributed by atoms with Crippen LogP contribution in [-0.4, -0.2) is 31.2 Å². The molecule has 0 fully saturated rings. The highest BCUT2D eigenvalue weighted by atomic mass is 16.6. The molecule has 0 aliphatic rings. The van der Waals surface area contributed by atoms with E-state index < -0.39 is 29.8 Å². The number of nitrogens with two attached hydrogens (primary N) is 1. The van der Waals surface area contributed by atoms with Crippen LogP contribution in [0.2, 0.25) is 0 Å². The van der Waals surface area contributed by atoms with E-state index in [0.717, 1.165) is 5.56 Å². The van der Waals surface area contributed by atoms with Crippen molar-refractivity contribution >= 4 is 11.9 Å². The molecule has 0 radical (unpaired) electrons. The molecule has 5 heteroatoms. The predicted octanol–water partition coefficient (Wildman–Crippen LogP) is 1.86. The number of benzene rings is 1. The molecule has 21 heavy (non-hydrogen) atoms. The van der Waals surface area contributed by atoms with Crippen molar-refractivity contribution in [2.75, 3.05) is 13.2 Å². The molecule has 0 spiro atoms. The normalized spacial score (nSPS) is 13.6. The van der Waals surface area contributed by atoms with Crippen LogP contribution in [0.25, 0.3) is 0 Å². The second-order valence-corrected chi connectivity index (χ2v) is 4.78. The Bertz CT molecular complexity index is 441. The smallest absolute Gasteiger partial charge is 0.321 e. The minimum absolute atomic E-state index is 0.204. The fourth-order valence-corrected chi connectivity index (χ4v) is 2.33. The maximum absolute atomic E-state index is 12.2. The van der Waals surface area contributed by atoms with E-state index in [9.17, 15) is 9.59 Å². The van der Waals surface area contributed by atoms with Crippen LogP contribution in [0.5, 0.6) is 0 Å². The van der Waals surface area contributed by atoms with Crippen LogP contribution < -0.4 is 5.73 Å². The Morgan fingerprint density at radius 2 is 1.52 bits per heavy atom. The van der Waals surface area contributed by atoms with Crippen LogP contribution in [0, 0.1) is 5.92 Å². The van der Waals surface area contributed by atoms with Crippen molar-refractivity contribution < 1.29 is 19.1 Å². The highest BCUT2D eigenvalue weighted by Crippen LogP contribution is 2.29. The van der Waals surface area contributed by atoms with Gasteiger partial charge in [-0.1, -0.05) is 30.3 Å². The van der Waals surface area contributed by atoms with Crippen molar-refractivity contribution in [2.45, 2.75) is 32.7 Å². The van der Waals surface area contributed by atoms with E-state index in [1.807, 2.05) is 30.3 Å². The van der Waals surface area contributed by atoms with Crippen LogP contribution in [-0.2, 0) is 19.1 Å². The lowest BCUT2D eigenvalue weighted by molar-refractivity contribution is -0.163. The van der Waals surface area contributed by atoms with Crippen LogP contribution in [0.1, 0.15) is 32.3 Å². The first-order chi connectivity index (χ1) is 10.0. The standard InChI is InChI=1S/C16H23NO4/c1-4-20-15(18)14(16(19)21-5-2)13(11(3)17)12-9-7-6-8-10-12/h6-11,13-14H,4-5,17H2,1-3H3/t11?,13-/m1/s1. The fraction of sp³-hybridized carbons (Fsp3) is 0.500. The molecule has 1 rings (SSSR count). The summed E-state index contributed by atoms with van der Waals surface area (Å²) in [5.74, 6) is -2.72. The summed E-state index contributed by atoms with van der Waals surface area (Å²) in [7, 11) is 0. The molecule has 0 heterocycles. The molecule has 0 saturated heterocycles. The lowest BCUT2D eigenvalue weighted by Crippen LogP contribution is -2.40. The zero-order chi connectivity index (χ0) is 15.8. The van der Waals surface area contributed by atoms with E-state index >= 15 is 0 Å². The number of carbonyl (C=O) groups excluding carboxylic acids is 2. The van der Waals surface area contributed by atoms with Crippen LogP contribution in [0.4, 0.5) is 0 Å². The maximum Gasteiger partial charge on any atom is 0.321 e. The first-order valence-electron chi connectivity index (χ1n) is 7.16. The van der Waals surface area contributed by atoms with E-state index in [0.29, 0.717) is 0 Å². The summed E-state index contributed by atoms with van der Waals surface area (Å²) in [6.07, 6.45) is 0. The van der Waals surface area contributed by atoms with E-state index in [4.69, 9.17) is 15.2 Å². The molecule has 0 saturated carbocycles. The van der Waals surface area contributed by atoms with Gasteiger partial charge in [-0.05, 0) is 26.3 Å². The highest BCUT2D eigenvalue weighted by Gasteiger charge is 2.40. The largest absolute Gasteiger partial charge is 0.465 e. The first kappa shape index (κ1) is 17.2. The number of hydrogen-bond donors (Lipinski definition) is 1. The Morgan fingerprint density at radius 1 is 1.05 bits per heavy atom. The van der Waals surface area contributed by atoms with Crippen LogP contribution in [0.15, 0.2) is 30.3 Å². The fourth-order valence-electron chi connectivity index (χ4n) is 2.33. The molecule has 0 aromatic heterocycles. The van der Waals surface area contributed by atoms with Gasteiger partial charge in [-0.25, -0.2) is 0 Å². The first-order valence-corrected chi connectivity index (χ1v) is 7.16. The summed E-state index contributed by atoms with van der Waals surface area (Å²) < 4.78 is 10.1. The molecule has 2 N–H and O–H groups in total. The zero-order valence-corrected chi connectivity index (χ0v) is 12.7. The lowest BCUT2D eigenvalue weighted by atomic mass is 9.81. The minimum atomic E-state index is -1.05. The van der Waals surface area contributed by atoms with Gasteiger partial charge >= 0.3 is 11.9 Å². The molecule has 5 nitrogen and oxygen atoms in total. The van der Waals surface area contributed by atoms with Crippen molar-refractivity contribution in [1.29, 1.82) is 0 Å². The predicted molar refractivity (Wildman–Crippen MR) is 79.6 cm³/mol. The summed E-state index contributed by atoms with van der Waals surface area (Å²) >= 11 is 0. The molecular formula is C16H23NO4. The van der Waals surface area contributed by atoms with Crippen LogP contribution in [0.3, 0.4) is 0 Å². The van der Waals surface area contributed by atoms with Gasteiger partial charge in [-0.15, -0.1) is 0 Å². The Kier molecular flexibility index (Phi) is 6.88. The molecule has 0 amide bonds. The average Bonchev–Trinajstić information content (AvgIpc) is 2.45. The van der Waals surface area contributed by atoms with Gasteiger partial charge < -0.3 is 15.2 Å². The van der Waals surface area contributed by atoms with Gasteiger partial charge in [0.2, 0.25) is 0 Å². The van der Waals surface area contributed by atoms with Crippen molar-refractivity contribution in [3.8, 4) is 0 Å². The van der Waals surface area contributed by atoms with Crippen LogP contribution >= 0.6 is 0 Å². The third-order valence-corrected chi connectivity index (χ3v) is 3.19. The number of rotatable bonds is 7. The topological polar surface area (TPSA) is 78.6 Å². The lowest BCUT2D eigenvalue weighted by Gasteiger charge is -2.27. The molecule has 0 bridgehead atoms. The Hall–Kier alpha value is -1.88. The number of ether oxygens (including phenoxy) is 2. The SMILES string of the molecule is CCOC(=O)C(C(=O)OCC)[C@@H](c1ccccc1)C(C)N. The van der Waals surface area contributed by atoms with Crippen molar-refractivity contribution in [1.82, 2.24) is 0 Å². The molecule has 2 atom stereocenters. The van der Waals surface area contributed by atoms with E-state index in [1.165, 1.54) is 0 Å². The van der Waals surface area contributed by atoms with Gasteiger partial charge in [0.15, 0.2) is 5.92 Å². The van der Waals surface area contributed by atoms with Gasteiger partial charge in [0, 0.05) is 12.0 Å². The second-order valence-electron chi connectivity index (χ2n) is 4.78. The Labute approximate surface area is 125 Å². The number of carbonyl (C=O) groups is 2. The Morgan fingerprint density at radius 3 is 1.90 bits per heavy atom.